The van der Waals surface area contributed by atoms with Crippen LogP contribution in [0.3, 0.4) is 0 Å². The molecule has 2 aromatic heterocycles. The number of rotatable bonds is 6. The van der Waals surface area contributed by atoms with Gasteiger partial charge in [0.1, 0.15) is 11.9 Å². The fourth-order valence-electron chi connectivity index (χ4n) is 3.31. The second-order valence-electron chi connectivity index (χ2n) is 6.74. The molecule has 0 aliphatic rings. The lowest BCUT2D eigenvalue weighted by Gasteiger charge is -2.21. The van der Waals surface area contributed by atoms with E-state index in [0.29, 0.717) is 12.2 Å². The molecule has 0 saturated carbocycles. The number of ether oxygens (including phenoxy) is 2. The molecular formula is C26H38N2O3. The van der Waals surface area contributed by atoms with Crippen LogP contribution in [0.15, 0.2) is 48.7 Å². The molecule has 0 radical (unpaired) electrons. The Bertz CT molecular complexity index is 943. The topological polar surface area (TPSA) is 43.2 Å². The largest absolute Gasteiger partial charge is 0.484 e. The van der Waals surface area contributed by atoms with Gasteiger partial charge in [-0.25, -0.2) is 4.79 Å². The Morgan fingerprint density at radius 2 is 1.68 bits per heavy atom. The van der Waals surface area contributed by atoms with Gasteiger partial charge < -0.3 is 18.8 Å². The zero-order valence-corrected chi connectivity index (χ0v) is 20.5. The van der Waals surface area contributed by atoms with Crippen LogP contribution in [0.5, 0.6) is 5.75 Å². The average molecular weight is 427 g/mol. The Kier molecular flexibility index (Phi) is 10.7. The fourth-order valence-corrected chi connectivity index (χ4v) is 3.31. The van der Waals surface area contributed by atoms with E-state index in [1.165, 1.54) is 0 Å². The summed E-state index contributed by atoms with van der Waals surface area (Å²) >= 11 is 0. The molecule has 0 fully saturated rings. The van der Waals surface area contributed by atoms with Crippen LogP contribution in [0.25, 0.3) is 5.52 Å². The number of hydrogen-bond acceptors (Lipinski definition) is 4. The molecule has 3 rings (SSSR count). The minimum atomic E-state index is -0.303. The minimum absolute atomic E-state index is 0.237. The van der Waals surface area contributed by atoms with Crippen molar-refractivity contribution in [1.29, 1.82) is 0 Å². The Morgan fingerprint density at radius 3 is 2.23 bits per heavy atom. The Morgan fingerprint density at radius 1 is 1.06 bits per heavy atom. The molecule has 5 nitrogen and oxygen atoms in total. The molecule has 0 aliphatic carbocycles. The molecule has 31 heavy (non-hydrogen) atoms. The zero-order valence-electron chi connectivity index (χ0n) is 20.5. The molecule has 0 bridgehead atoms. The number of carbonyl (C=O) groups excluding carboxylic acids is 1. The zero-order chi connectivity index (χ0) is 23.6. The van der Waals surface area contributed by atoms with Crippen LogP contribution in [-0.2, 0) is 4.74 Å². The van der Waals surface area contributed by atoms with Crippen molar-refractivity contribution in [2.24, 2.45) is 0 Å². The molecule has 2 heterocycles. The van der Waals surface area contributed by atoms with E-state index >= 15 is 0 Å². The van der Waals surface area contributed by atoms with Crippen molar-refractivity contribution in [2.75, 3.05) is 25.6 Å². The highest BCUT2D eigenvalue weighted by atomic mass is 16.5. The van der Waals surface area contributed by atoms with Gasteiger partial charge in [0.25, 0.3) is 0 Å². The maximum absolute atomic E-state index is 12.4. The first kappa shape index (κ1) is 26.1. The summed E-state index contributed by atoms with van der Waals surface area (Å²) in [5, 5.41) is 0. The highest BCUT2D eigenvalue weighted by Crippen LogP contribution is 2.29. The number of carbonyl (C=O) groups is 1. The Labute approximate surface area is 187 Å². The molecule has 0 saturated heterocycles. The van der Waals surface area contributed by atoms with Crippen molar-refractivity contribution in [1.82, 2.24) is 4.40 Å². The molecule has 0 aliphatic heterocycles. The fraction of sp³-hybridized carbons (Fsp3) is 0.423. The van der Waals surface area contributed by atoms with Crippen molar-refractivity contribution < 1.29 is 14.3 Å². The van der Waals surface area contributed by atoms with Gasteiger partial charge in [0.05, 0.1) is 17.9 Å². The number of nitrogens with zero attached hydrogens (tertiary/aromatic N) is 2. The van der Waals surface area contributed by atoms with Gasteiger partial charge >= 0.3 is 5.97 Å². The first-order chi connectivity index (χ1) is 14.9. The molecule has 0 N–H and O–H groups in total. The monoisotopic (exact) mass is 426 g/mol. The van der Waals surface area contributed by atoms with E-state index in [1.807, 2.05) is 116 Å². The van der Waals surface area contributed by atoms with E-state index in [1.54, 1.807) is 0 Å². The van der Waals surface area contributed by atoms with Gasteiger partial charge in [0.15, 0.2) is 0 Å². The van der Waals surface area contributed by atoms with E-state index in [2.05, 4.69) is 4.40 Å². The maximum Gasteiger partial charge on any atom is 0.338 e. The lowest BCUT2D eigenvalue weighted by molar-refractivity contribution is 0.0525. The number of hydrogen-bond donors (Lipinski definition) is 0. The molecule has 0 spiro atoms. The molecule has 1 unspecified atom stereocenters. The summed E-state index contributed by atoms with van der Waals surface area (Å²) in [5.41, 5.74) is 4.45. The van der Waals surface area contributed by atoms with Crippen LogP contribution in [0, 0.1) is 6.92 Å². The van der Waals surface area contributed by atoms with Crippen molar-refractivity contribution in [3.63, 3.8) is 0 Å². The minimum Gasteiger partial charge on any atom is -0.484 e. The quantitative estimate of drug-likeness (QED) is 0.412. The Balaban J connectivity index is 0.00000113. The summed E-state index contributed by atoms with van der Waals surface area (Å²) in [6.07, 6.45) is 1.75. The van der Waals surface area contributed by atoms with Gasteiger partial charge in [-0.3, -0.25) is 0 Å². The van der Waals surface area contributed by atoms with E-state index in [9.17, 15) is 4.79 Å². The molecule has 170 valence electrons. The average Bonchev–Trinajstić information content (AvgIpc) is 3.24. The normalized spacial score (nSPS) is 10.9. The third-order valence-electron chi connectivity index (χ3n) is 4.67. The number of fused-ring (bicyclic) bond motifs is 1. The SMILES string of the molecule is CC.CC.CCOC(=O)c1cc2cccn2c(C(C)Oc2ccc(N(C)C)cc2)c1C. The van der Waals surface area contributed by atoms with E-state index in [0.717, 1.165) is 28.2 Å². The summed E-state index contributed by atoms with van der Waals surface area (Å²) in [6, 6.07) is 13.8. The predicted molar refractivity (Wildman–Crippen MR) is 131 cm³/mol. The summed E-state index contributed by atoms with van der Waals surface area (Å²) in [7, 11) is 4.01. The van der Waals surface area contributed by atoms with Gasteiger partial charge in [-0.05, 0) is 68.8 Å². The van der Waals surface area contributed by atoms with Crippen molar-refractivity contribution in [3.05, 3.63) is 65.5 Å². The summed E-state index contributed by atoms with van der Waals surface area (Å²) < 4.78 is 13.5. The number of esters is 1. The van der Waals surface area contributed by atoms with Crippen LogP contribution >= 0.6 is 0 Å². The number of benzene rings is 1. The van der Waals surface area contributed by atoms with Gasteiger partial charge in [0.2, 0.25) is 0 Å². The van der Waals surface area contributed by atoms with Gasteiger partial charge in [0, 0.05) is 31.5 Å². The number of pyridine rings is 1. The van der Waals surface area contributed by atoms with Crippen molar-refractivity contribution >= 4 is 17.2 Å². The molecule has 1 aromatic carbocycles. The lowest BCUT2D eigenvalue weighted by atomic mass is 10.0. The highest BCUT2D eigenvalue weighted by molar-refractivity contribution is 5.92. The lowest BCUT2D eigenvalue weighted by Crippen LogP contribution is -2.15. The van der Waals surface area contributed by atoms with Gasteiger partial charge in [-0.1, -0.05) is 27.7 Å². The Hall–Kier alpha value is -2.95. The molecule has 0 amide bonds. The highest BCUT2D eigenvalue weighted by Gasteiger charge is 2.21. The summed E-state index contributed by atoms with van der Waals surface area (Å²) in [4.78, 5) is 14.4. The molecule has 5 heteroatoms. The molecule has 3 aromatic rings. The van der Waals surface area contributed by atoms with Crippen LogP contribution in [0.2, 0.25) is 0 Å². The number of aromatic nitrogens is 1. The van der Waals surface area contributed by atoms with E-state index < -0.39 is 0 Å². The standard InChI is InChI=1S/C22H26N2O3.2C2H6/c1-6-26-22(25)20-14-18-8-7-13-24(18)21(15(20)2)16(3)27-19-11-9-17(10-12-19)23(4)5;2*1-2/h7-14,16H,6H2,1-5H3;2*1-2H3. The first-order valence-electron chi connectivity index (χ1n) is 11.1. The number of anilines is 1. The van der Waals surface area contributed by atoms with E-state index in [4.69, 9.17) is 9.47 Å². The predicted octanol–water partition coefficient (Wildman–Crippen LogP) is 6.68. The van der Waals surface area contributed by atoms with Gasteiger partial charge in [-0.15, -0.1) is 0 Å². The smallest absolute Gasteiger partial charge is 0.338 e. The van der Waals surface area contributed by atoms with Gasteiger partial charge in [-0.2, -0.15) is 0 Å². The third kappa shape index (κ3) is 6.27. The summed E-state index contributed by atoms with van der Waals surface area (Å²) in [6.45, 7) is 14.1. The van der Waals surface area contributed by atoms with Crippen molar-refractivity contribution in [2.45, 2.75) is 54.6 Å². The summed E-state index contributed by atoms with van der Waals surface area (Å²) in [5.74, 6) is 0.483. The first-order valence-corrected chi connectivity index (χ1v) is 11.1. The third-order valence-corrected chi connectivity index (χ3v) is 4.67. The molecule has 1 atom stereocenters. The van der Waals surface area contributed by atoms with E-state index in [-0.39, 0.29) is 12.1 Å². The van der Waals surface area contributed by atoms with Crippen LogP contribution < -0.4 is 9.64 Å². The maximum atomic E-state index is 12.4. The van der Waals surface area contributed by atoms with Crippen LogP contribution in [0.4, 0.5) is 5.69 Å². The van der Waals surface area contributed by atoms with Crippen LogP contribution in [-0.4, -0.2) is 31.1 Å². The second-order valence-corrected chi connectivity index (χ2v) is 6.74. The van der Waals surface area contributed by atoms with Crippen LogP contribution in [0.1, 0.15) is 69.3 Å². The molecular weight excluding hydrogens is 388 g/mol. The van der Waals surface area contributed by atoms with Crippen molar-refractivity contribution in [3.8, 4) is 5.75 Å². The second kappa shape index (κ2) is 12.7.